The number of hydrogen-bond acceptors (Lipinski definition) is 8. The van der Waals surface area contributed by atoms with E-state index in [2.05, 4.69) is 14.8 Å². The monoisotopic (exact) mass is 558 g/mol. The van der Waals surface area contributed by atoms with Crippen molar-refractivity contribution in [1.82, 2.24) is 19.5 Å². The Bertz CT molecular complexity index is 1690. The van der Waals surface area contributed by atoms with E-state index in [0.29, 0.717) is 40.0 Å². The molecule has 1 saturated carbocycles. The number of aliphatic hydroxyl groups excluding tert-OH is 1. The van der Waals surface area contributed by atoms with Crippen LogP contribution in [0, 0.1) is 13.8 Å². The maximum absolute atomic E-state index is 13.4. The fourth-order valence-corrected chi connectivity index (χ4v) is 5.85. The van der Waals surface area contributed by atoms with E-state index in [1.165, 1.54) is 12.1 Å². The molecule has 1 aliphatic carbocycles. The molecule has 12 heteroatoms. The van der Waals surface area contributed by atoms with Crippen molar-refractivity contribution >= 4 is 32.6 Å². The van der Waals surface area contributed by atoms with Crippen LogP contribution in [0.5, 0.6) is 5.75 Å². The second-order valence-corrected chi connectivity index (χ2v) is 11.4. The van der Waals surface area contributed by atoms with E-state index in [-0.39, 0.29) is 34.0 Å². The highest BCUT2D eigenvalue weighted by Crippen LogP contribution is 2.35. The van der Waals surface area contributed by atoms with Crippen LogP contribution in [0.25, 0.3) is 22.3 Å². The highest BCUT2D eigenvalue weighted by atomic mass is 35.5. The number of aliphatic hydroxyl groups is 1. The summed E-state index contributed by atoms with van der Waals surface area (Å²) in [4.78, 5) is 17.4. The summed E-state index contributed by atoms with van der Waals surface area (Å²) < 4.78 is 42.6. The lowest BCUT2D eigenvalue weighted by molar-refractivity contribution is 0.219. The molecular weight excluding hydrogens is 532 g/mol. The lowest BCUT2D eigenvalue weighted by Gasteiger charge is -2.19. The predicted molar refractivity (Wildman–Crippen MR) is 142 cm³/mol. The van der Waals surface area contributed by atoms with Crippen molar-refractivity contribution in [3.63, 3.8) is 0 Å². The first-order valence-corrected chi connectivity index (χ1v) is 14.0. The minimum atomic E-state index is -3.96. The van der Waals surface area contributed by atoms with Gasteiger partial charge < -0.3 is 14.3 Å². The molecule has 10 nitrogen and oxygen atoms in total. The zero-order chi connectivity index (χ0) is 27.2. The number of aromatic nitrogens is 3. The molecule has 200 valence electrons. The summed E-state index contributed by atoms with van der Waals surface area (Å²) in [6, 6.07) is 6.39. The summed E-state index contributed by atoms with van der Waals surface area (Å²) in [5.41, 5.74) is 2.53. The van der Waals surface area contributed by atoms with Crippen LogP contribution in [0.15, 0.2) is 50.9 Å². The SMILES string of the molecule is Cc1cc([C@@H](C)Oc2ccc(Cl)nc2S(=O)(=O)NC2CC2)c2oc(-c3cnn(CCO)c3)c(C)c(=O)c2c1. The highest BCUT2D eigenvalue weighted by Gasteiger charge is 2.32. The summed E-state index contributed by atoms with van der Waals surface area (Å²) in [7, 11) is -3.96. The van der Waals surface area contributed by atoms with Gasteiger partial charge in [-0.15, -0.1) is 0 Å². The number of aryl methyl sites for hydroxylation is 1. The number of halogens is 1. The van der Waals surface area contributed by atoms with Crippen LogP contribution in [0.1, 0.15) is 42.6 Å². The third-order valence-corrected chi connectivity index (χ3v) is 7.96. The fourth-order valence-electron chi connectivity index (χ4n) is 4.27. The number of nitrogens with zero attached hydrogens (tertiary/aromatic N) is 3. The van der Waals surface area contributed by atoms with Crippen molar-refractivity contribution in [2.24, 2.45) is 0 Å². The maximum atomic E-state index is 13.4. The molecule has 5 rings (SSSR count). The van der Waals surface area contributed by atoms with Gasteiger partial charge in [0.2, 0.25) is 5.03 Å². The molecular formula is C26H27ClN4O6S. The normalized spacial score (nSPS) is 14.7. The molecule has 0 bridgehead atoms. The first kappa shape index (κ1) is 26.4. The van der Waals surface area contributed by atoms with Gasteiger partial charge in [-0.1, -0.05) is 11.6 Å². The quantitative estimate of drug-likeness (QED) is 0.295. The fraction of sp³-hybridized carbons (Fsp3) is 0.346. The molecule has 3 heterocycles. The van der Waals surface area contributed by atoms with Crippen LogP contribution < -0.4 is 14.9 Å². The molecule has 3 aromatic heterocycles. The van der Waals surface area contributed by atoms with Crippen molar-refractivity contribution in [3.05, 3.63) is 68.7 Å². The van der Waals surface area contributed by atoms with Crippen molar-refractivity contribution in [2.75, 3.05) is 6.61 Å². The van der Waals surface area contributed by atoms with Gasteiger partial charge in [-0.2, -0.15) is 5.10 Å². The molecule has 0 amide bonds. The molecule has 2 N–H and O–H groups in total. The molecule has 1 aliphatic rings. The van der Waals surface area contributed by atoms with Gasteiger partial charge in [-0.25, -0.2) is 18.1 Å². The second-order valence-electron chi connectivity index (χ2n) is 9.42. The second kappa shape index (κ2) is 10.1. The number of hydrogen-bond donors (Lipinski definition) is 2. The number of fused-ring (bicyclic) bond motifs is 1. The Morgan fingerprint density at radius 2 is 2.05 bits per heavy atom. The summed E-state index contributed by atoms with van der Waals surface area (Å²) in [6.45, 7) is 5.52. The van der Waals surface area contributed by atoms with Gasteiger partial charge in [0.05, 0.1) is 30.3 Å². The van der Waals surface area contributed by atoms with Crippen LogP contribution in [0.3, 0.4) is 0 Å². The molecule has 1 atom stereocenters. The number of benzene rings is 1. The van der Waals surface area contributed by atoms with Gasteiger partial charge in [0.25, 0.3) is 10.0 Å². The van der Waals surface area contributed by atoms with Crippen LogP contribution in [-0.2, 0) is 16.6 Å². The van der Waals surface area contributed by atoms with Crippen LogP contribution in [-0.4, -0.2) is 40.9 Å². The number of nitrogens with one attached hydrogen (secondary N) is 1. The van der Waals surface area contributed by atoms with E-state index < -0.39 is 16.1 Å². The molecule has 0 radical (unpaired) electrons. The number of sulfonamides is 1. The van der Waals surface area contributed by atoms with Gasteiger partial charge in [0, 0.05) is 23.4 Å². The molecule has 38 heavy (non-hydrogen) atoms. The molecule has 4 aromatic rings. The lowest BCUT2D eigenvalue weighted by atomic mass is 10.0. The molecule has 0 aliphatic heterocycles. The average molecular weight is 559 g/mol. The van der Waals surface area contributed by atoms with E-state index in [9.17, 15) is 18.3 Å². The first-order chi connectivity index (χ1) is 18.1. The third-order valence-electron chi connectivity index (χ3n) is 6.30. The van der Waals surface area contributed by atoms with E-state index in [0.717, 1.165) is 18.4 Å². The van der Waals surface area contributed by atoms with Crippen LogP contribution >= 0.6 is 11.6 Å². The van der Waals surface area contributed by atoms with Gasteiger partial charge in [0.1, 0.15) is 22.6 Å². The number of ether oxygens (including phenoxy) is 1. The lowest BCUT2D eigenvalue weighted by Crippen LogP contribution is -2.27. The standard InChI is InChI=1S/C26H27ClN4O6S/c1-14-10-19(16(3)36-21-6-7-22(27)29-26(21)38(34,35)30-18-4-5-18)25-20(11-14)23(33)15(2)24(37-25)17-12-28-31(13-17)8-9-32/h6-7,10-13,16,18,30,32H,4-5,8-9H2,1-3H3/t16-/m1/s1. The van der Waals surface area contributed by atoms with Crippen molar-refractivity contribution in [2.45, 2.75) is 57.3 Å². The Morgan fingerprint density at radius 3 is 2.76 bits per heavy atom. The van der Waals surface area contributed by atoms with Gasteiger partial charge in [-0.05, 0) is 63.4 Å². The third kappa shape index (κ3) is 5.19. The Balaban J connectivity index is 1.59. The average Bonchev–Trinajstić information content (AvgIpc) is 3.55. The number of rotatable bonds is 9. The minimum Gasteiger partial charge on any atom is -0.483 e. The maximum Gasteiger partial charge on any atom is 0.262 e. The largest absolute Gasteiger partial charge is 0.483 e. The van der Waals surface area contributed by atoms with Crippen molar-refractivity contribution in [1.29, 1.82) is 0 Å². The molecule has 1 fully saturated rings. The summed E-state index contributed by atoms with van der Waals surface area (Å²) in [5.74, 6) is 0.388. The van der Waals surface area contributed by atoms with Crippen molar-refractivity contribution in [3.8, 4) is 17.1 Å². The highest BCUT2D eigenvalue weighted by molar-refractivity contribution is 7.89. The summed E-state index contributed by atoms with van der Waals surface area (Å²) in [5, 5.41) is 13.5. The zero-order valence-electron chi connectivity index (χ0n) is 21.1. The van der Waals surface area contributed by atoms with Crippen LogP contribution in [0.2, 0.25) is 5.15 Å². The zero-order valence-corrected chi connectivity index (χ0v) is 22.6. The number of pyridine rings is 1. The molecule has 0 saturated heterocycles. The smallest absolute Gasteiger partial charge is 0.262 e. The van der Waals surface area contributed by atoms with Crippen molar-refractivity contribution < 1.29 is 22.7 Å². The molecule has 0 unspecified atom stereocenters. The van der Waals surface area contributed by atoms with Gasteiger partial charge in [0.15, 0.2) is 11.2 Å². The Morgan fingerprint density at radius 1 is 1.29 bits per heavy atom. The molecule has 1 aromatic carbocycles. The summed E-state index contributed by atoms with van der Waals surface area (Å²) >= 11 is 6.03. The van der Waals surface area contributed by atoms with E-state index in [1.54, 1.807) is 37.0 Å². The Kier molecular flexibility index (Phi) is 7.03. The molecule has 0 spiro atoms. The van der Waals surface area contributed by atoms with Gasteiger partial charge >= 0.3 is 0 Å². The van der Waals surface area contributed by atoms with E-state index >= 15 is 0 Å². The van der Waals surface area contributed by atoms with Crippen LogP contribution in [0.4, 0.5) is 0 Å². The minimum absolute atomic E-state index is 0.0232. The van der Waals surface area contributed by atoms with E-state index in [1.807, 2.05) is 13.0 Å². The summed E-state index contributed by atoms with van der Waals surface area (Å²) in [6.07, 6.45) is 4.09. The first-order valence-electron chi connectivity index (χ1n) is 12.1. The topological polar surface area (TPSA) is 137 Å². The Labute approximate surface area is 224 Å². The Hall–Kier alpha value is -3.25. The van der Waals surface area contributed by atoms with Gasteiger partial charge in [-0.3, -0.25) is 9.48 Å². The van der Waals surface area contributed by atoms with E-state index in [4.69, 9.17) is 20.8 Å². The predicted octanol–water partition coefficient (Wildman–Crippen LogP) is 3.89.